The first-order valence-corrected chi connectivity index (χ1v) is 11.1. The normalized spacial score (nSPS) is 13.4. The van der Waals surface area contributed by atoms with Crippen molar-refractivity contribution < 1.29 is 9.84 Å². The van der Waals surface area contributed by atoms with E-state index in [1.807, 2.05) is 30.1 Å². The number of thiazole rings is 1. The molecule has 0 bridgehead atoms. The Kier molecular flexibility index (Phi) is 4.86. The minimum atomic E-state index is -0.819. The van der Waals surface area contributed by atoms with Crippen molar-refractivity contribution in [3.8, 4) is 39.0 Å². The van der Waals surface area contributed by atoms with Gasteiger partial charge < -0.3 is 9.84 Å². The summed E-state index contributed by atoms with van der Waals surface area (Å²) in [5.74, 6) is 1.62. The van der Waals surface area contributed by atoms with Crippen molar-refractivity contribution in [2.75, 3.05) is 6.61 Å². The quantitative estimate of drug-likeness (QED) is 0.513. The van der Waals surface area contributed by atoms with Crippen molar-refractivity contribution in [1.29, 1.82) is 0 Å². The molecule has 5 rings (SSSR count). The van der Waals surface area contributed by atoms with Gasteiger partial charge in [0.1, 0.15) is 12.1 Å². The summed E-state index contributed by atoms with van der Waals surface area (Å²) in [7, 11) is 0. The summed E-state index contributed by atoms with van der Waals surface area (Å²) in [6.07, 6.45) is 6.14. The van der Waals surface area contributed by atoms with Gasteiger partial charge in [-0.1, -0.05) is 6.07 Å². The molecule has 0 aliphatic carbocycles. The second-order valence-electron chi connectivity index (χ2n) is 8.24. The first-order valence-electron chi connectivity index (χ1n) is 10.3. The predicted molar refractivity (Wildman–Crippen MR) is 119 cm³/mol. The number of fused-ring (bicyclic) bond motifs is 3. The van der Waals surface area contributed by atoms with Crippen molar-refractivity contribution in [2.24, 2.45) is 0 Å². The van der Waals surface area contributed by atoms with E-state index in [2.05, 4.69) is 27.3 Å². The van der Waals surface area contributed by atoms with Crippen LogP contribution in [0.25, 0.3) is 33.2 Å². The maximum Gasteiger partial charge on any atom is 0.187 e. The largest absolute Gasteiger partial charge is 0.492 e. The van der Waals surface area contributed by atoms with Crippen LogP contribution in [0, 0.1) is 0 Å². The minimum Gasteiger partial charge on any atom is -0.492 e. The maximum absolute atomic E-state index is 10.0. The summed E-state index contributed by atoms with van der Waals surface area (Å²) in [4.78, 5) is 10.5. The number of benzene rings is 1. The number of aromatic nitrogens is 6. The van der Waals surface area contributed by atoms with Gasteiger partial charge in [-0.2, -0.15) is 10.2 Å². The Bertz CT molecular complexity index is 1230. The molecule has 0 fully saturated rings. The zero-order valence-corrected chi connectivity index (χ0v) is 18.6. The molecule has 160 valence electrons. The van der Waals surface area contributed by atoms with Crippen LogP contribution in [0.1, 0.15) is 25.6 Å². The van der Waals surface area contributed by atoms with Crippen LogP contribution in [-0.4, -0.2) is 46.8 Å². The van der Waals surface area contributed by atoms with Gasteiger partial charge in [-0.05, 0) is 38.5 Å². The van der Waals surface area contributed by atoms with Crippen LogP contribution >= 0.6 is 11.3 Å². The molecule has 0 unspecified atom stereocenters. The zero-order valence-electron chi connectivity index (χ0n) is 17.7. The molecule has 3 aromatic heterocycles. The fourth-order valence-corrected chi connectivity index (χ4v) is 4.81. The highest BCUT2D eigenvalue weighted by atomic mass is 32.1. The number of aryl methyl sites for hydroxylation is 1. The third-order valence-electron chi connectivity index (χ3n) is 5.14. The van der Waals surface area contributed by atoms with Gasteiger partial charge in [0.05, 0.1) is 30.6 Å². The molecular formula is C22H24N6O2S. The average molecular weight is 437 g/mol. The highest BCUT2D eigenvalue weighted by molar-refractivity contribution is 7.15. The molecule has 0 radical (unpaired) electrons. The topological polar surface area (TPSA) is 90.9 Å². The number of ether oxygens (including phenoxy) is 1. The molecular weight excluding hydrogens is 412 g/mol. The van der Waals surface area contributed by atoms with Gasteiger partial charge in [0.25, 0.3) is 0 Å². The van der Waals surface area contributed by atoms with Crippen LogP contribution in [0.15, 0.2) is 36.9 Å². The third-order valence-corrected chi connectivity index (χ3v) is 6.25. The summed E-state index contributed by atoms with van der Waals surface area (Å²) in [5.41, 5.74) is 3.13. The van der Waals surface area contributed by atoms with Gasteiger partial charge in [0, 0.05) is 35.2 Å². The van der Waals surface area contributed by atoms with E-state index in [1.54, 1.807) is 36.2 Å². The molecule has 0 amide bonds. The second-order valence-corrected chi connectivity index (χ2v) is 9.32. The maximum atomic E-state index is 10.0. The van der Waals surface area contributed by atoms with E-state index in [1.165, 1.54) is 4.88 Å². The Morgan fingerprint density at radius 1 is 1.23 bits per heavy atom. The average Bonchev–Trinajstić information content (AvgIpc) is 3.44. The molecule has 0 spiro atoms. The molecule has 0 saturated carbocycles. The fourth-order valence-electron chi connectivity index (χ4n) is 3.75. The summed E-state index contributed by atoms with van der Waals surface area (Å²) >= 11 is 1.66. The van der Waals surface area contributed by atoms with Crippen molar-refractivity contribution in [3.05, 3.63) is 41.8 Å². The second kappa shape index (κ2) is 7.58. The van der Waals surface area contributed by atoms with Crippen molar-refractivity contribution >= 4 is 11.3 Å². The first-order chi connectivity index (χ1) is 14.9. The van der Waals surface area contributed by atoms with E-state index in [9.17, 15) is 5.11 Å². The molecule has 0 atom stereocenters. The number of hydrogen-bond acceptors (Lipinski definition) is 7. The van der Waals surface area contributed by atoms with Crippen molar-refractivity contribution in [1.82, 2.24) is 29.5 Å². The SMILES string of the molecule is CCn1ncnc1-c1nc2c(s1)CCOc1cc(-c3cnn(CC(C)(C)O)c3)ccc1-2. The van der Waals surface area contributed by atoms with Crippen LogP contribution in [0.4, 0.5) is 0 Å². The Labute approximate surface area is 184 Å². The van der Waals surface area contributed by atoms with Crippen molar-refractivity contribution in [3.63, 3.8) is 0 Å². The van der Waals surface area contributed by atoms with Gasteiger partial charge >= 0.3 is 0 Å². The van der Waals surface area contributed by atoms with E-state index < -0.39 is 5.60 Å². The summed E-state index contributed by atoms with van der Waals surface area (Å²) < 4.78 is 9.71. The summed E-state index contributed by atoms with van der Waals surface area (Å²) in [6.45, 7) is 7.38. The molecule has 1 N–H and O–H groups in total. The Balaban J connectivity index is 1.50. The van der Waals surface area contributed by atoms with Crippen LogP contribution in [0.2, 0.25) is 0 Å². The van der Waals surface area contributed by atoms with Crippen LogP contribution < -0.4 is 4.74 Å². The molecule has 4 heterocycles. The van der Waals surface area contributed by atoms with Crippen LogP contribution in [-0.2, 0) is 19.5 Å². The smallest absolute Gasteiger partial charge is 0.187 e. The molecule has 1 aliphatic rings. The summed E-state index contributed by atoms with van der Waals surface area (Å²) in [6, 6.07) is 6.18. The standard InChI is InChI=1S/C22H24N6O2S/c1-4-28-20(23-13-25-28)21-26-19-16-6-5-14(9-17(16)30-8-7-18(19)31-21)15-10-24-27(11-15)12-22(2,3)29/h5-6,9-11,13,29H,4,7-8,12H2,1-3H3. The van der Waals surface area contributed by atoms with E-state index in [-0.39, 0.29) is 0 Å². The lowest BCUT2D eigenvalue weighted by molar-refractivity contribution is 0.0577. The van der Waals surface area contributed by atoms with Crippen molar-refractivity contribution in [2.45, 2.75) is 45.9 Å². The predicted octanol–water partition coefficient (Wildman–Crippen LogP) is 3.66. The molecule has 8 nitrogen and oxygen atoms in total. The van der Waals surface area contributed by atoms with E-state index in [0.717, 1.165) is 51.9 Å². The lowest BCUT2D eigenvalue weighted by Crippen LogP contribution is -2.26. The first kappa shape index (κ1) is 19.9. The van der Waals surface area contributed by atoms with Gasteiger partial charge in [-0.3, -0.25) is 4.68 Å². The van der Waals surface area contributed by atoms with Crippen LogP contribution in [0.5, 0.6) is 5.75 Å². The highest BCUT2D eigenvalue weighted by Gasteiger charge is 2.23. The lowest BCUT2D eigenvalue weighted by atomic mass is 10.0. The Hall–Kier alpha value is -3.04. The van der Waals surface area contributed by atoms with Crippen LogP contribution in [0.3, 0.4) is 0 Å². The molecule has 1 aromatic carbocycles. The van der Waals surface area contributed by atoms with Gasteiger partial charge in [0.2, 0.25) is 0 Å². The van der Waals surface area contributed by atoms with E-state index >= 15 is 0 Å². The van der Waals surface area contributed by atoms with Gasteiger partial charge in [-0.25, -0.2) is 14.6 Å². The fraction of sp³-hybridized carbons (Fsp3) is 0.364. The monoisotopic (exact) mass is 436 g/mol. The molecule has 0 saturated heterocycles. The molecule has 1 aliphatic heterocycles. The molecule has 31 heavy (non-hydrogen) atoms. The van der Waals surface area contributed by atoms with E-state index in [0.29, 0.717) is 13.2 Å². The highest BCUT2D eigenvalue weighted by Crippen LogP contribution is 2.41. The lowest BCUT2D eigenvalue weighted by Gasteiger charge is -2.16. The molecule has 9 heteroatoms. The van der Waals surface area contributed by atoms with Gasteiger partial charge in [0.15, 0.2) is 10.8 Å². The summed E-state index contributed by atoms with van der Waals surface area (Å²) in [5, 5.41) is 19.6. The minimum absolute atomic E-state index is 0.432. The number of nitrogens with zero attached hydrogens (tertiary/aromatic N) is 6. The zero-order chi connectivity index (χ0) is 21.6. The third kappa shape index (κ3) is 3.86. The van der Waals surface area contributed by atoms with Gasteiger partial charge in [-0.15, -0.1) is 11.3 Å². The Morgan fingerprint density at radius 3 is 2.90 bits per heavy atom. The molecule has 4 aromatic rings. The Morgan fingerprint density at radius 2 is 2.10 bits per heavy atom. The number of rotatable bonds is 5. The number of aliphatic hydroxyl groups is 1. The van der Waals surface area contributed by atoms with E-state index in [4.69, 9.17) is 9.72 Å². The number of hydrogen-bond donors (Lipinski definition) is 1.